The van der Waals surface area contributed by atoms with Crippen LogP contribution in [0.25, 0.3) is 10.6 Å². The van der Waals surface area contributed by atoms with E-state index in [0.717, 1.165) is 10.6 Å². The number of rotatable bonds is 6. The van der Waals surface area contributed by atoms with E-state index in [2.05, 4.69) is 9.97 Å². The zero-order valence-corrected chi connectivity index (χ0v) is 18.0. The van der Waals surface area contributed by atoms with Crippen molar-refractivity contribution >= 4 is 27.3 Å². The Labute approximate surface area is 178 Å². The van der Waals surface area contributed by atoms with Gasteiger partial charge in [-0.05, 0) is 13.0 Å². The summed E-state index contributed by atoms with van der Waals surface area (Å²) in [5, 5.41) is 2.69. The summed E-state index contributed by atoms with van der Waals surface area (Å²) in [5.74, 6) is -0.636. The maximum atomic E-state index is 12.7. The van der Waals surface area contributed by atoms with Gasteiger partial charge in [0.25, 0.3) is 0 Å². The van der Waals surface area contributed by atoms with Crippen LogP contribution in [0.15, 0.2) is 46.8 Å². The Morgan fingerprint density at radius 2 is 2.00 bits per heavy atom. The third-order valence-electron chi connectivity index (χ3n) is 4.69. The van der Waals surface area contributed by atoms with Gasteiger partial charge in [-0.15, -0.1) is 11.3 Å². The molecule has 0 unspecified atom stereocenters. The van der Waals surface area contributed by atoms with Crippen molar-refractivity contribution in [2.45, 2.75) is 18.4 Å². The van der Waals surface area contributed by atoms with Gasteiger partial charge in [-0.3, -0.25) is 0 Å². The average molecular weight is 448 g/mol. The second-order valence-corrected chi connectivity index (χ2v) is 9.65. The Balaban J connectivity index is 1.39. The molecule has 30 heavy (non-hydrogen) atoms. The number of aromatic nitrogens is 2. The van der Waals surface area contributed by atoms with Crippen molar-refractivity contribution in [3.05, 3.63) is 58.9 Å². The first-order valence-electron chi connectivity index (χ1n) is 9.38. The number of H-pyrrole nitrogens is 1. The molecular weight excluding hydrogens is 426 g/mol. The van der Waals surface area contributed by atoms with Gasteiger partial charge in [0, 0.05) is 30.2 Å². The number of aromatic amines is 1. The lowest BCUT2D eigenvalue weighted by atomic mass is 10.2. The molecule has 4 rings (SSSR count). The lowest BCUT2D eigenvalue weighted by molar-refractivity contribution is 0.0462. The van der Waals surface area contributed by atoms with E-state index in [1.807, 2.05) is 36.6 Å². The van der Waals surface area contributed by atoms with E-state index in [4.69, 9.17) is 9.47 Å². The van der Waals surface area contributed by atoms with Gasteiger partial charge >= 0.3 is 5.97 Å². The van der Waals surface area contributed by atoms with Crippen molar-refractivity contribution in [1.29, 1.82) is 0 Å². The van der Waals surface area contributed by atoms with Crippen LogP contribution in [0.1, 0.15) is 21.7 Å². The number of morpholine rings is 1. The number of hydrogen-bond acceptors (Lipinski definition) is 7. The first-order chi connectivity index (χ1) is 14.4. The van der Waals surface area contributed by atoms with Crippen LogP contribution in [0.2, 0.25) is 0 Å². The summed E-state index contributed by atoms with van der Waals surface area (Å²) in [5.41, 5.74) is 2.89. The maximum Gasteiger partial charge on any atom is 0.355 e. The van der Waals surface area contributed by atoms with E-state index in [-0.39, 0.29) is 17.2 Å². The number of ether oxygens (including phenoxy) is 2. The summed E-state index contributed by atoms with van der Waals surface area (Å²) in [6.45, 7) is 3.33. The Bertz CT molecular complexity index is 1130. The van der Waals surface area contributed by atoms with Crippen LogP contribution in [-0.4, -0.2) is 55.0 Å². The van der Waals surface area contributed by atoms with Gasteiger partial charge in [-0.2, -0.15) is 4.31 Å². The average Bonchev–Trinajstić information content (AvgIpc) is 3.44. The molecule has 1 N–H and O–H groups in total. The van der Waals surface area contributed by atoms with Crippen molar-refractivity contribution in [3.63, 3.8) is 0 Å². The number of carbonyl (C=O) groups is 1. The quantitative estimate of drug-likeness (QED) is 0.583. The molecule has 2 aromatic heterocycles. The first kappa shape index (κ1) is 20.7. The van der Waals surface area contributed by atoms with Crippen molar-refractivity contribution in [2.24, 2.45) is 0 Å². The fourth-order valence-electron chi connectivity index (χ4n) is 3.00. The van der Waals surface area contributed by atoms with Gasteiger partial charge < -0.3 is 14.5 Å². The van der Waals surface area contributed by atoms with Crippen LogP contribution in [0.5, 0.6) is 0 Å². The van der Waals surface area contributed by atoms with Gasteiger partial charge in [0.15, 0.2) is 0 Å². The number of carbonyl (C=O) groups excluding carboxylic acids is 1. The second kappa shape index (κ2) is 8.68. The Morgan fingerprint density at radius 3 is 2.73 bits per heavy atom. The van der Waals surface area contributed by atoms with Crippen molar-refractivity contribution in [3.8, 4) is 10.6 Å². The number of benzene rings is 1. The molecule has 0 spiro atoms. The zero-order chi connectivity index (χ0) is 21.1. The molecule has 3 heterocycles. The van der Waals surface area contributed by atoms with Crippen LogP contribution >= 0.6 is 11.3 Å². The molecule has 1 aliphatic rings. The predicted octanol–water partition coefficient (Wildman–Crippen LogP) is 2.82. The highest BCUT2D eigenvalue weighted by Crippen LogP contribution is 2.24. The van der Waals surface area contributed by atoms with E-state index in [0.29, 0.717) is 32.0 Å². The molecule has 158 valence electrons. The van der Waals surface area contributed by atoms with Crippen LogP contribution < -0.4 is 0 Å². The minimum Gasteiger partial charge on any atom is -0.454 e. The molecule has 8 nitrogen and oxygen atoms in total. The predicted molar refractivity (Wildman–Crippen MR) is 112 cm³/mol. The van der Waals surface area contributed by atoms with E-state index in [1.54, 1.807) is 0 Å². The molecule has 1 fully saturated rings. The molecular formula is C20H21N3O5S2. The molecule has 0 atom stereocenters. The molecule has 0 bridgehead atoms. The molecule has 3 aromatic rings. The summed E-state index contributed by atoms with van der Waals surface area (Å²) < 4.78 is 37.1. The highest BCUT2D eigenvalue weighted by molar-refractivity contribution is 7.89. The maximum absolute atomic E-state index is 12.7. The van der Waals surface area contributed by atoms with E-state index < -0.39 is 16.0 Å². The van der Waals surface area contributed by atoms with Crippen LogP contribution in [-0.2, 0) is 26.1 Å². The Hall–Kier alpha value is -2.53. The topological polar surface area (TPSA) is 102 Å². The van der Waals surface area contributed by atoms with Gasteiger partial charge in [-0.25, -0.2) is 18.2 Å². The molecule has 1 saturated heterocycles. The molecule has 0 saturated carbocycles. The third-order valence-corrected chi connectivity index (χ3v) is 7.50. The highest BCUT2D eigenvalue weighted by Gasteiger charge is 2.28. The number of nitrogens with one attached hydrogen (secondary N) is 1. The largest absolute Gasteiger partial charge is 0.454 e. The van der Waals surface area contributed by atoms with Crippen LogP contribution in [0.4, 0.5) is 0 Å². The standard InChI is InChI=1S/C20H21N3O5S2/c1-14-2-4-15(5-3-14)19-22-16(13-29-19)12-28-20(24)18-10-17(11-21-18)30(25,26)23-6-8-27-9-7-23/h2-5,10-11,13,21H,6-9,12H2,1H3. The molecule has 1 aliphatic heterocycles. The number of sulfonamides is 1. The summed E-state index contributed by atoms with van der Waals surface area (Å²) in [6, 6.07) is 9.33. The number of nitrogens with zero attached hydrogens (tertiary/aromatic N) is 2. The van der Waals surface area contributed by atoms with Gasteiger partial charge in [0.05, 0.1) is 18.9 Å². The fourth-order valence-corrected chi connectivity index (χ4v) is 5.21. The summed E-state index contributed by atoms with van der Waals surface area (Å²) >= 11 is 1.47. The van der Waals surface area contributed by atoms with Crippen LogP contribution in [0.3, 0.4) is 0 Å². The highest BCUT2D eigenvalue weighted by atomic mass is 32.2. The summed E-state index contributed by atoms with van der Waals surface area (Å²) in [6.07, 6.45) is 1.31. The van der Waals surface area contributed by atoms with Gasteiger partial charge in [-0.1, -0.05) is 29.8 Å². The summed E-state index contributed by atoms with van der Waals surface area (Å²) in [7, 11) is -3.67. The molecule has 0 aliphatic carbocycles. The second-order valence-electron chi connectivity index (χ2n) is 6.85. The van der Waals surface area contributed by atoms with Gasteiger partial charge in [0.1, 0.15) is 22.2 Å². The lowest BCUT2D eigenvalue weighted by Crippen LogP contribution is -2.40. The number of thiazole rings is 1. The van der Waals surface area contributed by atoms with Gasteiger partial charge in [0.2, 0.25) is 10.0 Å². The zero-order valence-electron chi connectivity index (χ0n) is 16.3. The smallest absolute Gasteiger partial charge is 0.355 e. The molecule has 0 radical (unpaired) electrons. The summed E-state index contributed by atoms with van der Waals surface area (Å²) in [4.78, 5) is 19.6. The SMILES string of the molecule is Cc1ccc(-c2nc(COC(=O)c3cc(S(=O)(=O)N4CCOCC4)c[nH]3)cs2)cc1. The molecule has 10 heteroatoms. The first-order valence-corrected chi connectivity index (χ1v) is 11.7. The normalized spacial score (nSPS) is 15.2. The Kier molecular flexibility index (Phi) is 6.00. The van der Waals surface area contributed by atoms with E-state index in [1.165, 1.54) is 33.5 Å². The molecule has 1 aromatic carbocycles. The number of aryl methyl sites for hydroxylation is 1. The van der Waals surface area contributed by atoms with Crippen molar-refractivity contribution in [1.82, 2.24) is 14.3 Å². The monoisotopic (exact) mass is 447 g/mol. The number of esters is 1. The fraction of sp³-hybridized carbons (Fsp3) is 0.300. The third kappa shape index (κ3) is 4.46. The minimum atomic E-state index is -3.67. The van der Waals surface area contributed by atoms with E-state index >= 15 is 0 Å². The lowest BCUT2D eigenvalue weighted by Gasteiger charge is -2.25. The Morgan fingerprint density at radius 1 is 1.27 bits per heavy atom. The molecule has 0 amide bonds. The minimum absolute atomic E-state index is 0.00572. The van der Waals surface area contributed by atoms with Crippen LogP contribution in [0, 0.1) is 6.92 Å². The van der Waals surface area contributed by atoms with Crippen molar-refractivity contribution in [2.75, 3.05) is 26.3 Å². The number of hydrogen-bond donors (Lipinski definition) is 1. The van der Waals surface area contributed by atoms with Crippen molar-refractivity contribution < 1.29 is 22.7 Å². The van der Waals surface area contributed by atoms with E-state index in [9.17, 15) is 13.2 Å².